The molecule has 1 aliphatic rings. The highest BCUT2D eigenvalue weighted by Gasteiger charge is 2.34. The van der Waals surface area contributed by atoms with Gasteiger partial charge in [0.1, 0.15) is 5.60 Å². The summed E-state index contributed by atoms with van der Waals surface area (Å²) in [7, 11) is 0. The van der Waals surface area contributed by atoms with Crippen LogP contribution in [0.4, 0.5) is 0 Å². The monoisotopic (exact) mass is 301 g/mol. The Morgan fingerprint density at radius 1 is 1.29 bits per heavy atom. The average molecular weight is 301 g/mol. The maximum atomic E-state index is 11.7. The number of aliphatic hydroxyl groups is 1. The Labute approximate surface area is 127 Å². The zero-order chi connectivity index (χ0) is 15.9. The summed E-state index contributed by atoms with van der Waals surface area (Å²) in [5.74, 6) is -0.499. The van der Waals surface area contributed by atoms with Gasteiger partial charge in [-0.25, -0.2) is 4.79 Å². The van der Waals surface area contributed by atoms with Crippen LogP contribution in [0.25, 0.3) is 0 Å². The molecule has 0 spiro atoms. The maximum Gasteiger partial charge on any atom is 0.361 e. The molecule has 2 N–H and O–H groups in total. The van der Waals surface area contributed by atoms with Crippen molar-refractivity contribution >= 4 is 11.9 Å². The van der Waals surface area contributed by atoms with Crippen molar-refractivity contribution in [1.29, 1.82) is 0 Å². The van der Waals surface area contributed by atoms with E-state index in [0.29, 0.717) is 19.7 Å². The first-order valence-corrected chi connectivity index (χ1v) is 7.80. The Morgan fingerprint density at radius 2 is 1.90 bits per heavy atom. The Bertz CT molecular complexity index is 357. The Kier molecular flexibility index (Phi) is 6.61. The lowest BCUT2D eigenvalue weighted by Gasteiger charge is -2.33. The van der Waals surface area contributed by atoms with Crippen LogP contribution in [-0.4, -0.2) is 66.4 Å². The van der Waals surface area contributed by atoms with E-state index in [9.17, 15) is 14.7 Å². The zero-order valence-electron chi connectivity index (χ0n) is 13.5. The summed E-state index contributed by atoms with van der Waals surface area (Å²) in [5.41, 5.74) is -1.34. The van der Waals surface area contributed by atoms with Crippen molar-refractivity contribution in [2.75, 3.05) is 39.3 Å². The van der Waals surface area contributed by atoms with Crippen molar-refractivity contribution in [3.05, 3.63) is 0 Å². The third-order valence-electron chi connectivity index (χ3n) is 3.94. The van der Waals surface area contributed by atoms with E-state index in [-0.39, 0.29) is 11.9 Å². The quantitative estimate of drug-likeness (QED) is 0.387. The fourth-order valence-electron chi connectivity index (χ4n) is 2.78. The highest BCUT2D eigenvalue weighted by molar-refractivity contribution is 5.83. The number of carbonyl (C=O) groups is 2. The van der Waals surface area contributed by atoms with Crippen molar-refractivity contribution in [2.24, 2.45) is 0 Å². The Hall–Kier alpha value is -1.14. The van der Waals surface area contributed by atoms with Crippen LogP contribution in [0, 0.1) is 0 Å². The van der Waals surface area contributed by atoms with Gasteiger partial charge in [0.25, 0.3) is 5.91 Å². The minimum Gasteiger partial charge on any atom is -0.462 e. The molecule has 0 aromatic heterocycles. The first-order chi connectivity index (χ1) is 9.79. The molecule has 0 bridgehead atoms. The SMILES string of the molecule is CCOC(=O)C[N+]1(CCCNC(=O)C(C)(C)O)CCCC1. The number of ether oxygens (including phenoxy) is 1. The van der Waals surface area contributed by atoms with E-state index in [2.05, 4.69) is 5.32 Å². The van der Waals surface area contributed by atoms with Gasteiger partial charge in [-0.15, -0.1) is 0 Å². The van der Waals surface area contributed by atoms with E-state index >= 15 is 0 Å². The molecule has 122 valence electrons. The summed E-state index contributed by atoms with van der Waals surface area (Å²) in [6, 6.07) is 0. The van der Waals surface area contributed by atoms with Crippen molar-refractivity contribution < 1.29 is 23.9 Å². The van der Waals surface area contributed by atoms with Crippen LogP contribution in [0.2, 0.25) is 0 Å². The summed E-state index contributed by atoms with van der Waals surface area (Å²) in [5, 5.41) is 12.3. The summed E-state index contributed by atoms with van der Waals surface area (Å²) < 4.78 is 5.82. The molecular weight excluding hydrogens is 272 g/mol. The molecule has 1 heterocycles. The van der Waals surface area contributed by atoms with E-state index in [1.54, 1.807) is 0 Å². The number of likely N-dealkylation sites (tertiary alicyclic amines) is 1. The number of hydrogen-bond acceptors (Lipinski definition) is 4. The number of rotatable bonds is 8. The summed E-state index contributed by atoms with van der Waals surface area (Å²) in [6.45, 7) is 8.97. The van der Waals surface area contributed by atoms with Crippen LogP contribution in [-0.2, 0) is 14.3 Å². The average Bonchev–Trinajstić information content (AvgIpc) is 2.82. The van der Waals surface area contributed by atoms with E-state index in [1.807, 2.05) is 6.92 Å². The van der Waals surface area contributed by atoms with Crippen molar-refractivity contribution in [2.45, 2.75) is 45.6 Å². The molecule has 1 saturated heterocycles. The topological polar surface area (TPSA) is 75.6 Å². The first-order valence-electron chi connectivity index (χ1n) is 7.80. The van der Waals surface area contributed by atoms with Crippen LogP contribution in [0.15, 0.2) is 0 Å². The second-order valence-electron chi connectivity index (χ2n) is 6.35. The Balaban J connectivity index is 2.38. The lowest BCUT2D eigenvalue weighted by Crippen LogP contribution is -2.51. The number of amides is 1. The molecule has 0 radical (unpaired) electrons. The van der Waals surface area contributed by atoms with Gasteiger partial charge in [0, 0.05) is 25.8 Å². The van der Waals surface area contributed by atoms with E-state index in [1.165, 1.54) is 13.8 Å². The van der Waals surface area contributed by atoms with Gasteiger partial charge in [-0.1, -0.05) is 0 Å². The number of esters is 1. The second-order valence-corrected chi connectivity index (χ2v) is 6.35. The minimum atomic E-state index is -1.34. The van der Waals surface area contributed by atoms with E-state index < -0.39 is 5.60 Å². The number of hydrogen-bond donors (Lipinski definition) is 2. The van der Waals surface area contributed by atoms with Gasteiger partial charge in [0.15, 0.2) is 6.54 Å². The zero-order valence-corrected chi connectivity index (χ0v) is 13.5. The largest absolute Gasteiger partial charge is 0.462 e. The lowest BCUT2D eigenvalue weighted by atomic mass is 10.1. The van der Waals surface area contributed by atoms with Crippen molar-refractivity contribution in [3.63, 3.8) is 0 Å². The fourth-order valence-corrected chi connectivity index (χ4v) is 2.78. The van der Waals surface area contributed by atoms with Crippen LogP contribution >= 0.6 is 0 Å². The van der Waals surface area contributed by atoms with Gasteiger partial charge in [0.2, 0.25) is 0 Å². The normalized spacial score (nSPS) is 17.5. The number of nitrogens with zero attached hydrogens (tertiary/aromatic N) is 1. The molecule has 0 unspecified atom stereocenters. The van der Waals surface area contributed by atoms with Gasteiger partial charge >= 0.3 is 5.97 Å². The van der Waals surface area contributed by atoms with E-state index in [4.69, 9.17) is 4.74 Å². The molecule has 0 aliphatic carbocycles. The molecule has 1 aliphatic heterocycles. The van der Waals surface area contributed by atoms with Crippen molar-refractivity contribution in [3.8, 4) is 0 Å². The second kappa shape index (κ2) is 7.75. The molecule has 21 heavy (non-hydrogen) atoms. The summed E-state index contributed by atoms with van der Waals surface area (Å²) in [4.78, 5) is 23.3. The van der Waals surface area contributed by atoms with Gasteiger partial charge < -0.3 is 19.6 Å². The van der Waals surface area contributed by atoms with Crippen molar-refractivity contribution in [1.82, 2.24) is 5.32 Å². The van der Waals surface area contributed by atoms with E-state index in [0.717, 1.165) is 43.4 Å². The standard InChI is InChI=1S/C15H28N2O4/c1-4-21-13(18)12-17(9-5-6-10-17)11-7-8-16-14(19)15(2,3)20/h20H,4-12H2,1-3H3/p+1. The summed E-state index contributed by atoms with van der Waals surface area (Å²) >= 11 is 0. The molecule has 0 saturated carbocycles. The predicted molar refractivity (Wildman–Crippen MR) is 79.5 cm³/mol. The highest BCUT2D eigenvalue weighted by Crippen LogP contribution is 2.20. The molecular formula is C15H29N2O4+. The Morgan fingerprint density at radius 3 is 2.43 bits per heavy atom. The van der Waals surface area contributed by atoms with Gasteiger partial charge in [-0.05, 0) is 20.8 Å². The number of carbonyl (C=O) groups excluding carboxylic acids is 2. The third kappa shape index (κ3) is 6.01. The first kappa shape index (κ1) is 17.9. The number of quaternary nitrogens is 1. The molecule has 0 aromatic carbocycles. The highest BCUT2D eigenvalue weighted by atomic mass is 16.5. The number of nitrogens with one attached hydrogen (secondary N) is 1. The third-order valence-corrected chi connectivity index (χ3v) is 3.94. The molecule has 0 atom stereocenters. The smallest absolute Gasteiger partial charge is 0.361 e. The lowest BCUT2D eigenvalue weighted by molar-refractivity contribution is -0.909. The molecule has 1 amide bonds. The molecule has 0 aromatic rings. The molecule has 1 rings (SSSR count). The maximum absolute atomic E-state index is 11.7. The minimum absolute atomic E-state index is 0.139. The molecule has 6 heteroatoms. The summed E-state index contributed by atoms with van der Waals surface area (Å²) in [6.07, 6.45) is 3.06. The van der Waals surface area contributed by atoms with Crippen LogP contribution in [0.3, 0.4) is 0 Å². The van der Waals surface area contributed by atoms with Gasteiger partial charge in [0.05, 0.1) is 26.2 Å². The van der Waals surface area contributed by atoms with Crippen LogP contribution in [0.1, 0.15) is 40.0 Å². The predicted octanol–water partition coefficient (Wildman–Crippen LogP) is 0.437. The fraction of sp³-hybridized carbons (Fsp3) is 0.867. The van der Waals surface area contributed by atoms with Gasteiger partial charge in [-0.2, -0.15) is 0 Å². The van der Waals surface area contributed by atoms with Gasteiger partial charge in [-0.3, -0.25) is 4.79 Å². The van der Waals surface area contributed by atoms with Crippen LogP contribution < -0.4 is 5.32 Å². The van der Waals surface area contributed by atoms with Crippen LogP contribution in [0.5, 0.6) is 0 Å². The molecule has 6 nitrogen and oxygen atoms in total. The molecule has 1 fully saturated rings.